The Bertz CT molecular complexity index is 675. The van der Waals surface area contributed by atoms with Gasteiger partial charge in [-0.15, -0.1) is 0 Å². The smallest absolute Gasteiger partial charge is 0.262 e. The second-order valence-corrected chi connectivity index (χ2v) is 5.20. The highest BCUT2D eigenvalue weighted by Gasteiger charge is 2.08. The zero-order valence-corrected chi connectivity index (χ0v) is 13.8. The monoisotopic (exact) mass is 315 g/mol. The van der Waals surface area contributed by atoms with Crippen LogP contribution in [0, 0.1) is 13.8 Å². The van der Waals surface area contributed by atoms with Crippen molar-refractivity contribution in [3.8, 4) is 17.2 Å². The van der Waals surface area contributed by atoms with Gasteiger partial charge in [0.05, 0.1) is 14.2 Å². The first-order valence-electron chi connectivity index (χ1n) is 7.25. The number of hydrogen-bond donors (Lipinski definition) is 1. The lowest BCUT2D eigenvalue weighted by molar-refractivity contribution is -0.118. The van der Waals surface area contributed by atoms with E-state index in [0.29, 0.717) is 17.2 Å². The Morgan fingerprint density at radius 2 is 1.57 bits per heavy atom. The summed E-state index contributed by atoms with van der Waals surface area (Å²) in [5, 5.41) is 2.85. The van der Waals surface area contributed by atoms with Gasteiger partial charge in [0, 0.05) is 23.9 Å². The number of rotatable bonds is 6. The van der Waals surface area contributed by atoms with Crippen molar-refractivity contribution in [2.24, 2.45) is 0 Å². The Hall–Kier alpha value is -2.69. The average molecular weight is 315 g/mol. The molecular formula is C18H21NO4. The largest absolute Gasteiger partial charge is 0.496 e. The highest BCUT2D eigenvalue weighted by atomic mass is 16.5. The predicted octanol–water partition coefficient (Wildman–Crippen LogP) is 3.34. The standard InChI is InChI=1S/C18H21NO4/c1-12-5-6-13(2)17(7-12)19-18(20)11-23-16-9-14(21-3)8-15(10-16)22-4/h5-10H,11H2,1-4H3,(H,19,20). The minimum atomic E-state index is -0.222. The summed E-state index contributed by atoms with van der Waals surface area (Å²) in [6.07, 6.45) is 0. The number of methoxy groups -OCH3 is 2. The molecule has 0 bridgehead atoms. The van der Waals surface area contributed by atoms with Crippen LogP contribution in [0.15, 0.2) is 36.4 Å². The number of anilines is 1. The molecule has 0 aliphatic heterocycles. The molecule has 0 saturated carbocycles. The molecular weight excluding hydrogens is 294 g/mol. The van der Waals surface area contributed by atoms with Crippen LogP contribution in [0.1, 0.15) is 11.1 Å². The van der Waals surface area contributed by atoms with Crippen molar-refractivity contribution in [3.63, 3.8) is 0 Å². The number of amides is 1. The topological polar surface area (TPSA) is 56.8 Å². The summed E-state index contributed by atoms with van der Waals surface area (Å²) >= 11 is 0. The van der Waals surface area contributed by atoms with Gasteiger partial charge in [-0.25, -0.2) is 0 Å². The third-order valence-electron chi connectivity index (χ3n) is 3.36. The molecule has 0 saturated heterocycles. The maximum atomic E-state index is 12.1. The number of benzene rings is 2. The highest BCUT2D eigenvalue weighted by molar-refractivity contribution is 5.92. The van der Waals surface area contributed by atoms with E-state index >= 15 is 0 Å². The van der Waals surface area contributed by atoms with Crippen LogP contribution in [-0.4, -0.2) is 26.7 Å². The van der Waals surface area contributed by atoms with E-state index in [2.05, 4.69) is 5.32 Å². The quantitative estimate of drug-likeness (QED) is 0.888. The molecule has 0 aromatic heterocycles. The summed E-state index contributed by atoms with van der Waals surface area (Å²) in [7, 11) is 3.12. The van der Waals surface area contributed by atoms with Gasteiger partial charge in [-0.2, -0.15) is 0 Å². The minimum Gasteiger partial charge on any atom is -0.496 e. The number of nitrogens with one attached hydrogen (secondary N) is 1. The van der Waals surface area contributed by atoms with Crippen molar-refractivity contribution in [3.05, 3.63) is 47.5 Å². The Morgan fingerprint density at radius 3 is 2.17 bits per heavy atom. The van der Waals surface area contributed by atoms with Gasteiger partial charge in [0.15, 0.2) is 6.61 Å². The average Bonchev–Trinajstić information content (AvgIpc) is 2.56. The zero-order chi connectivity index (χ0) is 16.8. The molecule has 0 aliphatic rings. The lowest BCUT2D eigenvalue weighted by Gasteiger charge is -2.12. The molecule has 0 heterocycles. The molecule has 0 aliphatic carbocycles. The second-order valence-electron chi connectivity index (χ2n) is 5.20. The maximum absolute atomic E-state index is 12.1. The van der Waals surface area contributed by atoms with Gasteiger partial charge in [-0.3, -0.25) is 4.79 Å². The molecule has 2 rings (SSSR count). The molecule has 0 fully saturated rings. The molecule has 0 radical (unpaired) electrons. The molecule has 2 aromatic rings. The number of aryl methyl sites for hydroxylation is 2. The Labute approximate surface area is 136 Å². The summed E-state index contributed by atoms with van der Waals surface area (Å²) in [4.78, 5) is 12.1. The van der Waals surface area contributed by atoms with E-state index < -0.39 is 0 Å². The Morgan fingerprint density at radius 1 is 0.957 bits per heavy atom. The molecule has 2 aromatic carbocycles. The van der Waals surface area contributed by atoms with E-state index in [1.807, 2.05) is 32.0 Å². The van der Waals surface area contributed by atoms with Crippen molar-refractivity contribution in [2.45, 2.75) is 13.8 Å². The van der Waals surface area contributed by atoms with E-state index in [0.717, 1.165) is 16.8 Å². The molecule has 1 N–H and O–H groups in total. The summed E-state index contributed by atoms with van der Waals surface area (Å²) in [5.74, 6) is 1.50. The first-order valence-corrected chi connectivity index (χ1v) is 7.25. The van der Waals surface area contributed by atoms with E-state index in [1.54, 1.807) is 32.4 Å². The fourth-order valence-corrected chi connectivity index (χ4v) is 2.07. The van der Waals surface area contributed by atoms with Gasteiger partial charge in [0.1, 0.15) is 17.2 Å². The normalized spacial score (nSPS) is 10.1. The third kappa shape index (κ3) is 4.64. The maximum Gasteiger partial charge on any atom is 0.262 e. The lowest BCUT2D eigenvalue weighted by atomic mass is 10.1. The van der Waals surface area contributed by atoms with Crippen molar-refractivity contribution in [1.29, 1.82) is 0 Å². The molecule has 1 amide bonds. The SMILES string of the molecule is COc1cc(OC)cc(OCC(=O)Nc2cc(C)ccc2C)c1. The highest BCUT2D eigenvalue weighted by Crippen LogP contribution is 2.27. The van der Waals surface area contributed by atoms with E-state index in [1.165, 1.54) is 0 Å². The van der Waals surface area contributed by atoms with E-state index in [-0.39, 0.29) is 12.5 Å². The van der Waals surface area contributed by atoms with Crippen molar-refractivity contribution in [1.82, 2.24) is 0 Å². The lowest BCUT2D eigenvalue weighted by Crippen LogP contribution is -2.20. The fraction of sp³-hybridized carbons (Fsp3) is 0.278. The van der Waals surface area contributed by atoms with Crippen LogP contribution in [-0.2, 0) is 4.79 Å². The predicted molar refractivity (Wildman–Crippen MR) is 89.6 cm³/mol. The number of ether oxygens (including phenoxy) is 3. The summed E-state index contributed by atoms with van der Waals surface area (Å²) in [6.45, 7) is 3.83. The number of carbonyl (C=O) groups excluding carboxylic acids is 1. The van der Waals surface area contributed by atoms with Crippen LogP contribution in [0.3, 0.4) is 0 Å². The van der Waals surface area contributed by atoms with Crippen LogP contribution < -0.4 is 19.5 Å². The van der Waals surface area contributed by atoms with E-state index in [9.17, 15) is 4.79 Å². The molecule has 5 heteroatoms. The first kappa shape index (κ1) is 16.7. The first-order chi connectivity index (χ1) is 11.0. The van der Waals surface area contributed by atoms with Crippen molar-refractivity contribution in [2.75, 3.05) is 26.1 Å². The summed E-state index contributed by atoms with van der Waals surface area (Å²) in [5.41, 5.74) is 2.89. The van der Waals surface area contributed by atoms with Gasteiger partial charge in [0.2, 0.25) is 0 Å². The molecule has 5 nitrogen and oxygen atoms in total. The number of carbonyl (C=O) groups is 1. The zero-order valence-electron chi connectivity index (χ0n) is 13.8. The Kier molecular flexibility index (Phi) is 5.46. The van der Waals surface area contributed by atoms with Crippen molar-refractivity contribution >= 4 is 11.6 Å². The third-order valence-corrected chi connectivity index (χ3v) is 3.36. The molecule has 0 spiro atoms. The fourth-order valence-electron chi connectivity index (χ4n) is 2.07. The second kappa shape index (κ2) is 7.54. The molecule has 0 atom stereocenters. The van der Waals surface area contributed by atoms with Gasteiger partial charge in [0.25, 0.3) is 5.91 Å². The van der Waals surface area contributed by atoms with Gasteiger partial charge >= 0.3 is 0 Å². The number of hydrogen-bond acceptors (Lipinski definition) is 4. The Balaban J connectivity index is 2.00. The van der Waals surface area contributed by atoms with Gasteiger partial charge in [-0.05, 0) is 31.0 Å². The van der Waals surface area contributed by atoms with E-state index in [4.69, 9.17) is 14.2 Å². The van der Waals surface area contributed by atoms with Crippen LogP contribution in [0.5, 0.6) is 17.2 Å². The van der Waals surface area contributed by atoms with Crippen molar-refractivity contribution < 1.29 is 19.0 Å². The minimum absolute atomic E-state index is 0.0935. The van der Waals surface area contributed by atoms with Crippen LogP contribution in [0.2, 0.25) is 0 Å². The molecule has 0 unspecified atom stereocenters. The molecule has 122 valence electrons. The van der Waals surface area contributed by atoms with Crippen LogP contribution in [0.4, 0.5) is 5.69 Å². The summed E-state index contributed by atoms with van der Waals surface area (Å²) < 4.78 is 15.9. The van der Waals surface area contributed by atoms with Gasteiger partial charge < -0.3 is 19.5 Å². The summed E-state index contributed by atoms with van der Waals surface area (Å²) in [6, 6.07) is 11.1. The molecule has 23 heavy (non-hydrogen) atoms. The van der Waals surface area contributed by atoms with Crippen LogP contribution in [0.25, 0.3) is 0 Å². The van der Waals surface area contributed by atoms with Gasteiger partial charge in [-0.1, -0.05) is 12.1 Å². The van der Waals surface area contributed by atoms with Crippen LogP contribution >= 0.6 is 0 Å².